The molecule has 0 rings (SSSR count). The van der Waals surface area contributed by atoms with E-state index in [2.05, 4.69) is 4.74 Å². The van der Waals surface area contributed by atoms with E-state index >= 15 is 0 Å². The fourth-order valence-electron chi connectivity index (χ4n) is 0.263. The van der Waals surface area contributed by atoms with E-state index in [-0.39, 0.29) is 0 Å². The SMILES string of the molecule is CC(=O)O.CCOC(=O)C(C)O. The highest BCUT2D eigenvalue weighted by Gasteiger charge is 2.07. The molecule has 0 bridgehead atoms. The molecule has 1 atom stereocenters. The molecule has 2 N–H and O–H groups in total. The van der Waals surface area contributed by atoms with Crippen LogP contribution in [0.4, 0.5) is 0 Å². The van der Waals surface area contributed by atoms with E-state index in [1.54, 1.807) is 6.92 Å². The summed E-state index contributed by atoms with van der Waals surface area (Å²) in [7, 11) is 0. The highest BCUT2D eigenvalue weighted by Crippen LogP contribution is 1.84. The van der Waals surface area contributed by atoms with Crippen molar-refractivity contribution in [3.8, 4) is 0 Å². The highest BCUT2D eigenvalue weighted by atomic mass is 16.5. The number of hydrogen-bond donors (Lipinski definition) is 2. The Morgan fingerprint density at radius 2 is 1.83 bits per heavy atom. The predicted molar refractivity (Wildman–Crippen MR) is 41.6 cm³/mol. The number of aliphatic hydroxyl groups is 1. The Morgan fingerprint density at radius 1 is 1.50 bits per heavy atom. The van der Waals surface area contributed by atoms with Crippen molar-refractivity contribution in [2.45, 2.75) is 26.9 Å². The van der Waals surface area contributed by atoms with Crippen molar-refractivity contribution in [2.75, 3.05) is 6.61 Å². The second kappa shape index (κ2) is 8.00. The van der Waals surface area contributed by atoms with Crippen molar-refractivity contribution in [3.05, 3.63) is 0 Å². The van der Waals surface area contributed by atoms with Crippen LogP contribution < -0.4 is 0 Å². The maximum atomic E-state index is 10.3. The summed E-state index contributed by atoms with van der Waals surface area (Å²) in [5, 5.41) is 15.9. The Hall–Kier alpha value is -1.10. The first-order valence-corrected chi connectivity index (χ1v) is 3.46. The van der Waals surface area contributed by atoms with E-state index in [4.69, 9.17) is 15.0 Å². The first kappa shape index (κ1) is 13.5. The van der Waals surface area contributed by atoms with Crippen molar-refractivity contribution < 1.29 is 24.5 Å². The number of ether oxygens (including phenoxy) is 1. The molecule has 0 amide bonds. The maximum Gasteiger partial charge on any atom is 0.334 e. The number of aliphatic hydroxyl groups excluding tert-OH is 1. The lowest BCUT2D eigenvalue weighted by Gasteiger charge is -2.01. The molecule has 0 aromatic heterocycles. The Kier molecular flexibility index (Phi) is 8.99. The molecule has 5 nitrogen and oxygen atoms in total. The molecular weight excluding hydrogens is 164 g/mol. The minimum Gasteiger partial charge on any atom is -0.481 e. The fraction of sp³-hybridized carbons (Fsp3) is 0.714. The van der Waals surface area contributed by atoms with Crippen molar-refractivity contribution in [1.82, 2.24) is 0 Å². The van der Waals surface area contributed by atoms with Crippen LogP contribution in [0, 0.1) is 0 Å². The van der Waals surface area contributed by atoms with Gasteiger partial charge >= 0.3 is 5.97 Å². The minimum absolute atomic E-state index is 0.323. The summed E-state index contributed by atoms with van der Waals surface area (Å²) >= 11 is 0. The molecule has 0 aromatic carbocycles. The minimum atomic E-state index is -0.991. The number of carbonyl (C=O) groups excluding carboxylic acids is 1. The van der Waals surface area contributed by atoms with Gasteiger partial charge in [-0.05, 0) is 13.8 Å². The van der Waals surface area contributed by atoms with Crippen LogP contribution in [0.2, 0.25) is 0 Å². The van der Waals surface area contributed by atoms with E-state index < -0.39 is 18.0 Å². The molecule has 5 heteroatoms. The smallest absolute Gasteiger partial charge is 0.334 e. The van der Waals surface area contributed by atoms with Gasteiger partial charge in [0.1, 0.15) is 6.10 Å². The average molecular weight is 178 g/mol. The second-order valence-electron chi connectivity index (χ2n) is 1.95. The van der Waals surface area contributed by atoms with E-state index in [1.165, 1.54) is 6.92 Å². The Morgan fingerprint density at radius 3 is 1.92 bits per heavy atom. The molecule has 72 valence electrons. The van der Waals surface area contributed by atoms with Gasteiger partial charge in [0, 0.05) is 6.92 Å². The number of rotatable bonds is 2. The predicted octanol–water partition coefficient (Wildman–Crippen LogP) is 0.0212. The number of carboxylic acids is 1. The molecule has 0 aliphatic rings. The van der Waals surface area contributed by atoms with E-state index in [0.717, 1.165) is 6.92 Å². The number of esters is 1. The first-order chi connectivity index (χ1) is 5.41. The molecule has 0 spiro atoms. The number of carboxylic acid groups (broad SMARTS) is 1. The monoisotopic (exact) mass is 178 g/mol. The van der Waals surface area contributed by atoms with Crippen molar-refractivity contribution >= 4 is 11.9 Å². The molecule has 0 fully saturated rings. The molecule has 0 saturated carbocycles. The van der Waals surface area contributed by atoms with Gasteiger partial charge in [-0.1, -0.05) is 0 Å². The third-order valence-electron chi connectivity index (χ3n) is 0.628. The lowest BCUT2D eigenvalue weighted by atomic mass is 10.4. The van der Waals surface area contributed by atoms with Gasteiger partial charge in [-0.3, -0.25) is 4.79 Å². The van der Waals surface area contributed by atoms with Gasteiger partial charge in [-0.15, -0.1) is 0 Å². The van der Waals surface area contributed by atoms with E-state index in [0.29, 0.717) is 6.61 Å². The normalized spacial score (nSPS) is 10.7. The third kappa shape index (κ3) is 16.0. The summed E-state index contributed by atoms with van der Waals surface area (Å²) in [6.45, 7) is 4.47. The van der Waals surface area contributed by atoms with E-state index in [1.807, 2.05) is 0 Å². The lowest BCUT2D eigenvalue weighted by Crippen LogP contribution is -2.18. The number of hydrogen-bond acceptors (Lipinski definition) is 4. The highest BCUT2D eigenvalue weighted by molar-refractivity contribution is 5.73. The zero-order valence-corrected chi connectivity index (χ0v) is 7.40. The van der Waals surface area contributed by atoms with Crippen LogP contribution in [0.1, 0.15) is 20.8 Å². The second-order valence-corrected chi connectivity index (χ2v) is 1.95. The van der Waals surface area contributed by atoms with Crippen LogP contribution in [-0.2, 0) is 14.3 Å². The lowest BCUT2D eigenvalue weighted by molar-refractivity contribution is -0.151. The van der Waals surface area contributed by atoms with Crippen LogP contribution in [-0.4, -0.2) is 34.9 Å². The molecule has 1 unspecified atom stereocenters. The Labute approximate surface area is 71.0 Å². The molecule has 0 heterocycles. The quantitative estimate of drug-likeness (QED) is 0.582. The standard InChI is InChI=1S/C5H10O3.C2H4O2/c1-3-8-5(7)4(2)6;1-2(3)4/h4,6H,3H2,1-2H3;1H3,(H,3,4). The van der Waals surface area contributed by atoms with Gasteiger partial charge in [0.15, 0.2) is 0 Å². The summed E-state index contributed by atoms with van der Waals surface area (Å²) in [4.78, 5) is 19.3. The van der Waals surface area contributed by atoms with Crippen molar-refractivity contribution in [1.29, 1.82) is 0 Å². The van der Waals surface area contributed by atoms with Crippen molar-refractivity contribution in [2.24, 2.45) is 0 Å². The zero-order valence-electron chi connectivity index (χ0n) is 7.40. The molecule has 0 saturated heterocycles. The zero-order chi connectivity index (χ0) is 10.1. The maximum absolute atomic E-state index is 10.3. The largest absolute Gasteiger partial charge is 0.481 e. The first-order valence-electron chi connectivity index (χ1n) is 3.46. The molecule has 0 aliphatic carbocycles. The van der Waals surface area contributed by atoms with Gasteiger partial charge in [0.2, 0.25) is 0 Å². The number of aliphatic carboxylic acids is 1. The van der Waals surface area contributed by atoms with Gasteiger partial charge in [-0.25, -0.2) is 4.79 Å². The molecular formula is C7H14O5. The van der Waals surface area contributed by atoms with E-state index in [9.17, 15) is 4.79 Å². The van der Waals surface area contributed by atoms with Crippen LogP contribution >= 0.6 is 0 Å². The fourth-order valence-corrected chi connectivity index (χ4v) is 0.263. The van der Waals surface area contributed by atoms with Crippen LogP contribution in [0.25, 0.3) is 0 Å². The Balaban J connectivity index is 0. The summed E-state index contributed by atoms with van der Waals surface area (Å²) in [6, 6.07) is 0. The van der Waals surface area contributed by atoms with Crippen molar-refractivity contribution in [3.63, 3.8) is 0 Å². The summed E-state index contributed by atoms with van der Waals surface area (Å²) in [5.74, 6) is -1.40. The van der Waals surface area contributed by atoms with Gasteiger partial charge in [0.25, 0.3) is 5.97 Å². The summed E-state index contributed by atoms with van der Waals surface area (Å²) in [5.41, 5.74) is 0. The molecule has 0 aliphatic heterocycles. The summed E-state index contributed by atoms with van der Waals surface area (Å²) < 4.78 is 4.41. The molecule has 12 heavy (non-hydrogen) atoms. The van der Waals surface area contributed by atoms with Crippen LogP contribution in [0.15, 0.2) is 0 Å². The molecule has 0 radical (unpaired) electrons. The van der Waals surface area contributed by atoms with Crippen LogP contribution in [0.3, 0.4) is 0 Å². The molecule has 0 aromatic rings. The van der Waals surface area contributed by atoms with Gasteiger partial charge in [-0.2, -0.15) is 0 Å². The van der Waals surface area contributed by atoms with Crippen LogP contribution in [0.5, 0.6) is 0 Å². The average Bonchev–Trinajstić information content (AvgIpc) is 1.86. The third-order valence-corrected chi connectivity index (χ3v) is 0.628. The summed E-state index contributed by atoms with van der Waals surface area (Å²) in [6.07, 6.45) is -0.991. The Bertz CT molecular complexity index is 137. The van der Waals surface area contributed by atoms with Gasteiger partial charge < -0.3 is 14.9 Å². The topological polar surface area (TPSA) is 83.8 Å². The van der Waals surface area contributed by atoms with Gasteiger partial charge in [0.05, 0.1) is 6.61 Å². The number of carbonyl (C=O) groups is 2.